The van der Waals surface area contributed by atoms with Crippen molar-refractivity contribution in [3.63, 3.8) is 0 Å². The monoisotopic (exact) mass is 422 g/mol. The van der Waals surface area contributed by atoms with Crippen LogP contribution in [0.1, 0.15) is 30.0 Å². The van der Waals surface area contributed by atoms with E-state index in [-0.39, 0.29) is 17.4 Å². The average molecular weight is 422 g/mol. The fourth-order valence-electron chi connectivity index (χ4n) is 3.19. The molecule has 1 heterocycles. The number of carbonyl (C=O) groups is 2. The minimum atomic E-state index is -0.773. The Labute approximate surface area is 180 Å². The molecule has 1 aromatic heterocycles. The van der Waals surface area contributed by atoms with Gasteiger partial charge in [-0.3, -0.25) is 9.59 Å². The number of nitrogens with one attached hydrogen (secondary N) is 2. The summed E-state index contributed by atoms with van der Waals surface area (Å²) in [5.74, 6) is 0.0824. The summed E-state index contributed by atoms with van der Waals surface area (Å²) in [6, 6.07) is 12.5. The van der Waals surface area contributed by atoms with Crippen LogP contribution < -0.4 is 21.0 Å². The Hall–Kier alpha value is -3.61. The number of benzene rings is 2. The molecule has 0 fully saturated rings. The molecule has 0 bridgehead atoms. The van der Waals surface area contributed by atoms with E-state index in [4.69, 9.17) is 9.15 Å². The maximum absolute atomic E-state index is 12.6. The standard InChI is InChI=1S/C24H26N2O5/c1-14-15(2)24(29)31-21-13-19(9-10-20(14)21)30-16(3)23(28)26-18-7-5-6-17(12-18)8-11-22(27)25-4/h5-7,9-10,12-13,16H,8,11H2,1-4H3,(H,25,27)(H,26,28). The highest BCUT2D eigenvalue weighted by Crippen LogP contribution is 2.24. The van der Waals surface area contributed by atoms with Gasteiger partial charge in [0.15, 0.2) is 6.10 Å². The van der Waals surface area contributed by atoms with Crippen LogP contribution in [0.2, 0.25) is 0 Å². The van der Waals surface area contributed by atoms with Gasteiger partial charge >= 0.3 is 5.63 Å². The molecule has 2 N–H and O–H groups in total. The molecule has 7 heteroatoms. The number of carbonyl (C=O) groups excluding carboxylic acids is 2. The molecule has 0 saturated heterocycles. The van der Waals surface area contributed by atoms with Crippen LogP contribution >= 0.6 is 0 Å². The normalized spacial score (nSPS) is 11.7. The first kappa shape index (κ1) is 22.1. The summed E-state index contributed by atoms with van der Waals surface area (Å²) in [6.07, 6.45) is 0.187. The molecule has 1 atom stereocenters. The third kappa shape index (κ3) is 5.31. The van der Waals surface area contributed by atoms with E-state index in [1.807, 2.05) is 31.2 Å². The van der Waals surface area contributed by atoms with Crippen molar-refractivity contribution in [1.29, 1.82) is 0 Å². The zero-order valence-electron chi connectivity index (χ0n) is 18.1. The molecule has 0 radical (unpaired) electrons. The largest absolute Gasteiger partial charge is 0.481 e. The first-order valence-electron chi connectivity index (χ1n) is 10.1. The molecule has 3 rings (SSSR count). The topological polar surface area (TPSA) is 97.6 Å². The Balaban J connectivity index is 1.67. The second-order valence-electron chi connectivity index (χ2n) is 7.42. The smallest absolute Gasteiger partial charge is 0.339 e. The predicted molar refractivity (Wildman–Crippen MR) is 120 cm³/mol. The Morgan fingerprint density at radius 1 is 1.10 bits per heavy atom. The van der Waals surface area contributed by atoms with Gasteiger partial charge < -0.3 is 19.8 Å². The summed E-state index contributed by atoms with van der Waals surface area (Å²) in [6.45, 7) is 5.24. The average Bonchev–Trinajstić information content (AvgIpc) is 2.76. The number of anilines is 1. The number of fused-ring (bicyclic) bond motifs is 1. The highest BCUT2D eigenvalue weighted by atomic mass is 16.5. The molecule has 1 unspecified atom stereocenters. The van der Waals surface area contributed by atoms with Crippen LogP contribution in [0.3, 0.4) is 0 Å². The molecule has 0 aliphatic carbocycles. The van der Waals surface area contributed by atoms with Crippen molar-refractivity contribution >= 4 is 28.5 Å². The molecule has 2 amide bonds. The van der Waals surface area contributed by atoms with Crippen LogP contribution in [0.25, 0.3) is 11.0 Å². The number of ether oxygens (including phenoxy) is 1. The second-order valence-corrected chi connectivity index (χ2v) is 7.42. The van der Waals surface area contributed by atoms with Gasteiger partial charge in [-0.2, -0.15) is 0 Å². The first-order valence-corrected chi connectivity index (χ1v) is 10.1. The van der Waals surface area contributed by atoms with E-state index in [0.717, 1.165) is 16.5 Å². The maximum atomic E-state index is 12.6. The Morgan fingerprint density at radius 3 is 2.61 bits per heavy atom. The van der Waals surface area contributed by atoms with Crippen molar-refractivity contribution in [3.05, 3.63) is 69.6 Å². The lowest BCUT2D eigenvalue weighted by Crippen LogP contribution is -2.30. The SMILES string of the molecule is CNC(=O)CCc1cccc(NC(=O)C(C)Oc2ccc3c(C)c(C)c(=O)oc3c2)c1. The highest BCUT2D eigenvalue weighted by molar-refractivity contribution is 5.94. The fourth-order valence-corrected chi connectivity index (χ4v) is 3.19. The fraction of sp³-hybridized carbons (Fsp3) is 0.292. The van der Waals surface area contributed by atoms with Crippen molar-refractivity contribution in [3.8, 4) is 5.75 Å². The van der Waals surface area contributed by atoms with Crippen LogP contribution in [-0.4, -0.2) is 25.0 Å². The summed E-state index contributed by atoms with van der Waals surface area (Å²) in [5, 5.41) is 6.25. The third-order valence-electron chi connectivity index (χ3n) is 5.22. The van der Waals surface area contributed by atoms with Crippen molar-refractivity contribution < 1.29 is 18.7 Å². The minimum absolute atomic E-state index is 0.0342. The number of hydrogen-bond acceptors (Lipinski definition) is 5. The van der Waals surface area contributed by atoms with Crippen molar-refractivity contribution in [2.75, 3.05) is 12.4 Å². The van der Waals surface area contributed by atoms with E-state index in [1.165, 1.54) is 0 Å². The van der Waals surface area contributed by atoms with Gasteiger partial charge in [0.2, 0.25) is 5.91 Å². The summed E-state index contributed by atoms with van der Waals surface area (Å²) in [4.78, 5) is 35.9. The number of rotatable bonds is 7. The van der Waals surface area contributed by atoms with Crippen molar-refractivity contribution in [2.24, 2.45) is 0 Å². The van der Waals surface area contributed by atoms with E-state index in [0.29, 0.717) is 35.4 Å². The lowest BCUT2D eigenvalue weighted by atomic mass is 10.1. The third-order valence-corrected chi connectivity index (χ3v) is 5.22. The number of aryl methyl sites for hydroxylation is 2. The van der Waals surface area contributed by atoms with Crippen LogP contribution in [0, 0.1) is 13.8 Å². The highest BCUT2D eigenvalue weighted by Gasteiger charge is 2.16. The molecule has 7 nitrogen and oxygen atoms in total. The van der Waals surface area contributed by atoms with E-state index in [9.17, 15) is 14.4 Å². The minimum Gasteiger partial charge on any atom is -0.481 e. The molecule has 31 heavy (non-hydrogen) atoms. The van der Waals surface area contributed by atoms with Gasteiger partial charge in [0, 0.05) is 36.2 Å². The Kier molecular flexibility index (Phi) is 6.74. The van der Waals surface area contributed by atoms with Crippen LogP contribution in [0.5, 0.6) is 5.75 Å². The number of hydrogen-bond donors (Lipinski definition) is 2. The lowest BCUT2D eigenvalue weighted by Gasteiger charge is -2.16. The van der Waals surface area contributed by atoms with Crippen LogP contribution in [0.4, 0.5) is 5.69 Å². The van der Waals surface area contributed by atoms with E-state index >= 15 is 0 Å². The van der Waals surface area contributed by atoms with Gasteiger partial charge in [0.1, 0.15) is 11.3 Å². The summed E-state index contributed by atoms with van der Waals surface area (Å²) in [7, 11) is 1.60. The molecule has 0 aliphatic rings. The molecule has 0 spiro atoms. The van der Waals surface area contributed by atoms with Gasteiger partial charge in [-0.1, -0.05) is 12.1 Å². The Morgan fingerprint density at radius 2 is 1.87 bits per heavy atom. The van der Waals surface area contributed by atoms with E-state index in [1.54, 1.807) is 39.1 Å². The van der Waals surface area contributed by atoms with Gasteiger partial charge in [0.05, 0.1) is 0 Å². The predicted octanol–water partition coefficient (Wildman–Crippen LogP) is 3.49. The van der Waals surface area contributed by atoms with Gasteiger partial charge in [0.25, 0.3) is 5.91 Å². The lowest BCUT2D eigenvalue weighted by molar-refractivity contribution is -0.122. The summed E-state index contributed by atoms with van der Waals surface area (Å²) in [5.41, 5.74) is 3.05. The van der Waals surface area contributed by atoms with Crippen molar-refractivity contribution in [2.45, 2.75) is 39.7 Å². The zero-order valence-corrected chi connectivity index (χ0v) is 18.1. The first-order chi connectivity index (χ1) is 14.8. The Bertz CT molecular complexity index is 1180. The summed E-state index contributed by atoms with van der Waals surface area (Å²) >= 11 is 0. The number of amides is 2. The maximum Gasteiger partial charge on any atom is 0.339 e. The zero-order chi connectivity index (χ0) is 22.5. The van der Waals surface area contributed by atoms with Crippen LogP contribution in [0.15, 0.2) is 51.7 Å². The second kappa shape index (κ2) is 9.47. The van der Waals surface area contributed by atoms with Crippen molar-refractivity contribution in [1.82, 2.24) is 5.32 Å². The molecular weight excluding hydrogens is 396 g/mol. The van der Waals surface area contributed by atoms with Gasteiger partial charge in [-0.05, 0) is 62.6 Å². The quantitative estimate of drug-likeness (QED) is 0.568. The molecule has 0 aliphatic heterocycles. The van der Waals surface area contributed by atoms with Crippen LogP contribution in [-0.2, 0) is 16.0 Å². The molecule has 2 aromatic carbocycles. The molecule has 162 valence electrons. The van der Waals surface area contributed by atoms with Gasteiger partial charge in [-0.15, -0.1) is 0 Å². The molecule has 0 saturated carbocycles. The molecule has 3 aromatic rings. The summed E-state index contributed by atoms with van der Waals surface area (Å²) < 4.78 is 11.1. The van der Waals surface area contributed by atoms with Gasteiger partial charge in [-0.25, -0.2) is 4.79 Å². The molecular formula is C24H26N2O5. The van der Waals surface area contributed by atoms with E-state index in [2.05, 4.69) is 10.6 Å². The van der Waals surface area contributed by atoms with E-state index < -0.39 is 6.10 Å².